The summed E-state index contributed by atoms with van der Waals surface area (Å²) in [6.07, 6.45) is 4.26. The molecule has 4 nitrogen and oxygen atoms in total. The summed E-state index contributed by atoms with van der Waals surface area (Å²) in [5, 5.41) is 9.89. The van der Waals surface area contributed by atoms with Crippen LogP contribution in [0, 0.1) is 5.92 Å². The summed E-state index contributed by atoms with van der Waals surface area (Å²) in [6.45, 7) is 1.91. The summed E-state index contributed by atoms with van der Waals surface area (Å²) in [5.74, 6) is 0.666. The van der Waals surface area contributed by atoms with Gasteiger partial charge in [0.15, 0.2) is 0 Å². The van der Waals surface area contributed by atoms with Gasteiger partial charge in [-0.2, -0.15) is 0 Å². The molecule has 1 atom stereocenters. The van der Waals surface area contributed by atoms with E-state index in [2.05, 4.69) is 0 Å². The predicted octanol–water partition coefficient (Wildman–Crippen LogP) is 2.31. The molecule has 4 heteroatoms. The minimum absolute atomic E-state index is 0.156. The molecule has 3 rings (SSSR count). The first-order valence-corrected chi connectivity index (χ1v) is 7.41. The fourth-order valence-electron chi connectivity index (χ4n) is 2.71. The highest BCUT2D eigenvalue weighted by Crippen LogP contribution is 2.32. The van der Waals surface area contributed by atoms with Crippen LogP contribution >= 0.6 is 0 Å². The number of phenolic OH excluding ortho intramolecular Hbond substituents is 1. The molecule has 1 aromatic carbocycles. The Hall–Kier alpha value is -1.55. The number of rotatable bonds is 5. The molecule has 0 radical (unpaired) electrons. The van der Waals surface area contributed by atoms with Gasteiger partial charge in [-0.25, -0.2) is 0 Å². The Morgan fingerprint density at radius 1 is 1.30 bits per heavy atom. The number of nitrogens with zero attached hydrogens (tertiary/aromatic N) is 1. The van der Waals surface area contributed by atoms with Crippen molar-refractivity contribution in [1.29, 1.82) is 0 Å². The van der Waals surface area contributed by atoms with Crippen LogP contribution in [0.4, 0.5) is 0 Å². The van der Waals surface area contributed by atoms with Gasteiger partial charge in [0.1, 0.15) is 5.75 Å². The minimum Gasteiger partial charge on any atom is -0.508 e. The smallest absolute Gasteiger partial charge is 0.226 e. The quantitative estimate of drug-likeness (QED) is 0.897. The fraction of sp³-hybridized carbons (Fsp3) is 0.562. The van der Waals surface area contributed by atoms with E-state index in [1.165, 1.54) is 0 Å². The topological polar surface area (TPSA) is 49.8 Å². The maximum absolute atomic E-state index is 12.4. The van der Waals surface area contributed by atoms with Gasteiger partial charge in [-0.1, -0.05) is 18.2 Å². The van der Waals surface area contributed by atoms with Gasteiger partial charge in [-0.3, -0.25) is 4.79 Å². The van der Waals surface area contributed by atoms with Crippen molar-refractivity contribution < 1.29 is 14.6 Å². The maximum atomic E-state index is 12.4. The van der Waals surface area contributed by atoms with Crippen molar-refractivity contribution in [2.45, 2.75) is 38.3 Å². The fourth-order valence-corrected chi connectivity index (χ4v) is 2.71. The lowest BCUT2D eigenvalue weighted by atomic mass is 10.1. The number of amides is 1. The summed E-state index contributed by atoms with van der Waals surface area (Å²) in [4.78, 5) is 14.3. The lowest BCUT2D eigenvalue weighted by Gasteiger charge is -2.26. The molecule has 1 N–H and O–H groups in total. The van der Waals surface area contributed by atoms with Gasteiger partial charge in [0, 0.05) is 31.2 Å². The van der Waals surface area contributed by atoms with E-state index in [0.29, 0.717) is 13.1 Å². The van der Waals surface area contributed by atoms with E-state index in [-0.39, 0.29) is 23.7 Å². The molecule has 108 valence electrons. The third kappa shape index (κ3) is 3.12. The van der Waals surface area contributed by atoms with E-state index in [4.69, 9.17) is 4.74 Å². The molecule has 1 heterocycles. The van der Waals surface area contributed by atoms with Gasteiger partial charge >= 0.3 is 0 Å². The van der Waals surface area contributed by atoms with E-state index in [9.17, 15) is 9.90 Å². The minimum atomic E-state index is 0.156. The Bertz CT molecular complexity index is 478. The van der Waals surface area contributed by atoms with E-state index in [1.807, 2.05) is 17.0 Å². The summed E-state index contributed by atoms with van der Waals surface area (Å²) < 4.78 is 5.65. The second kappa shape index (κ2) is 5.83. The molecule has 1 amide bonds. The zero-order valence-corrected chi connectivity index (χ0v) is 11.6. The van der Waals surface area contributed by atoms with Crippen molar-refractivity contribution in [3.05, 3.63) is 29.8 Å². The Labute approximate surface area is 119 Å². The van der Waals surface area contributed by atoms with E-state index >= 15 is 0 Å². The number of hydrogen-bond acceptors (Lipinski definition) is 3. The van der Waals surface area contributed by atoms with Crippen molar-refractivity contribution in [3.8, 4) is 5.75 Å². The van der Waals surface area contributed by atoms with Crippen LogP contribution < -0.4 is 0 Å². The number of para-hydroxylation sites is 1. The summed E-state index contributed by atoms with van der Waals surface area (Å²) in [7, 11) is 0. The predicted molar refractivity (Wildman–Crippen MR) is 75.2 cm³/mol. The number of carbonyl (C=O) groups excluding carboxylic acids is 1. The highest BCUT2D eigenvalue weighted by Gasteiger charge is 2.35. The number of aromatic hydroxyl groups is 1. The molecular formula is C16H21NO3. The SMILES string of the molecule is O=C(C1CC1)N(Cc1ccccc1O)CC1CCCO1. The van der Waals surface area contributed by atoms with Gasteiger partial charge < -0.3 is 14.7 Å². The molecule has 1 aromatic rings. The summed E-state index contributed by atoms with van der Waals surface area (Å²) in [6, 6.07) is 7.23. The standard InChI is InChI=1S/C16H21NO3/c18-15-6-2-1-4-13(15)10-17(16(19)12-7-8-12)11-14-5-3-9-20-14/h1-2,4,6,12,14,18H,3,5,7-11H2. The number of hydrogen-bond donors (Lipinski definition) is 1. The molecule has 0 aromatic heterocycles. The first-order chi connectivity index (χ1) is 9.74. The molecule has 1 saturated carbocycles. The van der Waals surface area contributed by atoms with Crippen LogP contribution in [0.25, 0.3) is 0 Å². The highest BCUT2D eigenvalue weighted by atomic mass is 16.5. The van der Waals surface area contributed by atoms with Gasteiger partial charge in [-0.05, 0) is 31.7 Å². The second-order valence-corrected chi connectivity index (χ2v) is 5.76. The Kier molecular flexibility index (Phi) is 3.92. The van der Waals surface area contributed by atoms with Gasteiger partial charge in [0.2, 0.25) is 5.91 Å². The second-order valence-electron chi connectivity index (χ2n) is 5.76. The van der Waals surface area contributed by atoms with Gasteiger partial charge in [0.05, 0.1) is 6.10 Å². The number of ether oxygens (including phenoxy) is 1. The van der Waals surface area contributed by atoms with E-state index < -0.39 is 0 Å². The van der Waals surface area contributed by atoms with E-state index in [1.54, 1.807) is 12.1 Å². The average molecular weight is 275 g/mol. The number of carbonyl (C=O) groups is 1. The molecule has 1 aliphatic carbocycles. The third-order valence-electron chi connectivity index (χ3n) is 4.04. The largest absolute Gasteiger partial charge is 0.508 e. The molecule has 1 unspecified atom stereocenters. The van der Waals surface area contributed by atoms with Crippen molar-refractivity contribution >= 4 is 5.91 Å². The normalized spacial score (nSPS) is 21.9. The maximum Gasteiger partial charge on any atom is 0.226 e. The van der Waals surface area contributed by atoms with Crippen molar-refractivity contribution in [2.75, 3.05) is 13.2 Å². The van der Waals surface area contributed by atoms with Gasteiger partial charge in [0.25, 0.3) is 0 Å². The van der Waals surface area contributed by atoms with Crippen LogP contribution in [-0.2, 0) is 16.1 Å². The van der Waals surface area contributed by atoms with Crippen LogP contribution in [0.15, 0.2) is 24.3 Å². The molecule has 0 spiro atoms. The van der Waals surface area contributed by atoms with Crippen molar-refractivity contribution in [2.24, 2.45) is 5.92 Å². The third-order valence-corrected chi connectivity index (χ3v) is 4.04. The molecule has 20 heavy (non-hydrogen) atoms. The zero-order chi connectivity index (χ0) is 13.9. The molecule has 0 bridgehead atoms. The van der Waals surface area contributed by atoms with Crippen LogP contribution in [0.5, 0.6) is 5.75 Å². The van der Waals surface area contributed by atoms with Crippen LogP contribution in [0.1, 0.15) is 31.2 Å². The van der Waals surface area contributed by atoms with E-state index in [0.717, 1.165) is 37.9 Å². The number of phenols is 1. The first kappa shape index (κ1) is 13.4. The summed E-state index contributed by atoms with van der Waals surface area (Å²) in [5.41, 5.74) is 0.805. The highest BCUT2D eigenvalue weighted by molar-refractivity contribution is 5.81. The first-order valence-electron chi connectivity index (χ1n) is 7.41. The Morgan fingerprint density at radius 2 is 2.10 bits per heavy atom. The van der Waals surface area contributed by atoms with Crippen molar-refractivity contribution in [1.82, 2.24) is 4.90 Å². The van der Waals surface area contributed by atoms with Crippen LogP contribution in [0.2, 0.25) is 0 Å². The molecule has 1 saturated heterocycles. The van der Waals surface area contributed by atoms with Crippen molar-refractivity contribution in [3.63, 3.8) is 0 Å². The van der Waals surface area contributed by atoms with Gasteiger partial charge in [-0.15, -0.1) is 0 Å². The Morgan fingerprint density at radius 3 is 2.75 bits per heavy atom. The lowest BCUT2D eigenvalue weighted by molar-refractivity contribution is -0.134. The zero-order valence-electron chi connectivity index (χ0n) is 11.6. The lowest BCUT2D eigenvalue weighted by Crippen LogP contribution is -2.37. The van der Waals surface area contributed by atoms with Crippen LogP contribution in [0.3, 0.4) is 0 Å². The molecule has 2 fully saturated rings. The molecule has 1 aliphatic heterocycles. The molecule has 2 aliphatic rings. The summed E-state index contributed by atoms with van der Waals surface area (Å²) >= 11 is 0. The van der Waals surface area contributed by atoms with Crippen LogP contribution in [-0.4, -0.2) is 35.2 Å². The number of benzene rings is 1. The average Bonchev–Trinajstić information content (AvgIpc) is 3.18. The molecular weight excluding hydrogens is 254 g/mol. The monoisotopic (exact) mass is 275 g/mol. The Balaban J connectivity index is 1.70.